The number of methoxy groups -OCH3 is 1. The smallest absolute Gasteiger partial charge is 0.159 e. The molecule has 0 atom stereocenters. The Morgan fingerprint density at radius 2 is 1.73 bits per heavy atom. The molecule has 0 radical (unpaired) electrons. The van der Waals surface area contributed by atoms with Crippen molar-refractivity contribution in [2.24, 2.45) is 0 Å². The van der Waals surface area contributed by atoms with Crippen LogP contribution >= 0.6 is 11.6 Å². The van der Waals surface area contributed by atoms with Crippen LogP contribution < -0.4 is 25.6 Å². The van der Waals surface area contributed by atoms with E-state index < -0.39 is 0 Å². The Labute approximate surface area is 179 Å². The van der Waals surface area contributed by atoms with E-state index in [0.717, 1.165) is 31.9 Å². The van der Waals surface area contributed by atoms with E-state index in [0.29, 0.717) is 33.8 Å². The van der Waals surface area contributed by atoms with Gasteiger partial charge in [-0.2, -0.15) is 0 Å². The second-order valence-corrected chi connectivity index (χ2v) is 7.32. The average molecular weight is 429 g/mol. The van der Waals surface area contributed by atoms with Crippen LogP contribution in [-0.4, -0.2) is 43.3 Å². The van der Waals surface area contributed by atoms with Crippen molar-refractivity contribution in [3.8, 4) is 5.75 Å². The summed E-state index contributed by atoms with van der Waals surface area (Å²) < 4.78 is 18.5. The third kappa shape index (κ3) is 4.18. The largest absolute Gasteiger partial charge is 0.495 e. The molecular weight excluding hydrogens is 407 g/mol. The van der Waals surface area contributed by atoms with Crippen molar-refractivity contribution in [1.29, 1.82) is 0 Å². The second-order valence-electron chi connectivity index (χ2n) is 6.88. The number of rotatable bonds is 5. The molecule has 1 aliphatic rings. The van der Waals surface area contributed by atoms with Crippen LogP contribution in [0.4, 0.5) is 33.1 Å². The van der Waals surface area contributed by atoms with E-state index in [9.17, 15) is 4.39 Å². The van der Waals surface area contributed by atoms with Crippen molar-refractivity contribution in [3.05, 3.63) is 59.6 Å². The maximum atomic E-state index is 13.2. The first-order chi connectivity index (χ1) is 14.5. The summed E-state index contributed by atoms with van der Waals surface area (Å²) in [5.41, 5.74) is 8.52. The highest BCUT2D eigenvalue weighted by Crippen LogP contribution is 2.34. The molecule has 0 spiro atoms. The van der Waals surface area contributed by atoms with Crippen molar-refractivity contribution in [1.82, 2.24) is 9.97 Å². The number of nitrogens with one attached hydrogen (secondary N) is 1. The van der Waals surface area contributed by atoms with E-state index in [2.05, 4.69) is 25.1 Å². The summed E-state index contributed by atoms with van der Waals surface area (Å²) in [6, 6.07) is 11.8. The number of nitrogens with two attached hydrogens (primary N) is 1. The van der Waals surface area contributed by atoms with Gasteiger partial charge in [0.1, 0.15) is 23.6 Å². The van der Waals surface area contributed by atoms with Crippen LogP contribution in [0.25, 0.3) is 0 Å². The average Bonchev–Trinajstić information content (AvgIpc) is 2.76. The van der Waals surface area contributed by atoms with Crippen molar-refractivity contribution >= 4 is 40.3 Å². The Hall–Kier alpha value is -3.26. The van der Waals surface area contributed by atoms with Crippen molar-refractivity contribution < 1.29 is 9.13 Å². The molecule has 0 unspecified atom stereocenters. The number of aromatic nitrogens is 2. The number of halogens is 2. The Kier molecular flexibility index (Phi) is 5.76. The van der Waals surface area contributed by atoms with E-state index in [1.165, 1.54) is 18.5 Å². The summed E-state index contributed by atoms with van der Waals surface area (Å²) in [5, 5.41) is 3.77. The van der Waals surface area contributed by atoms with Gasteiger partial charge in [0.2, 0.25) is 0 Å². The lowest BCUT2D eigenvalue weighted by Gasteiger charge is -2.37. The highest BCUT2D eigenvalue weighted by Gasteiger charge is 2.22. The molecule has 3 aromatic rings. The van der Waals surface area contributed by atoms with Crippen molar-refractivity contribution in [2.45, 2.75) is 0 Å². The Morgan fingerprint density at radius 1 is 1.03 bits per heavy atom. The molecule has 9 heteroatoms. The summed E-state index contributed by atoms with van der Waals surface area (Å²) in [5.74, 6) is 1.56. The molecule has 0 bridgehead atoms. The minimum absolute atomic E-state index is 0.234. The maximum Gasteiger partial charge on any atom is 0.159 e. The zero-order valence-corrected chi connectivity index (χ0v) is 17.2. The SMILES string of the molecule is COc1ccc(Cl)cc1Nc1ncnc(N2CCN(c3ccc(F)cc3)CC2)c1N. The highest BCUT2D eigenvalue weighted by atomic mass is 35.5. The molecule has 2 aromatic carbocycles. The molecule has 2 heterocycles. The minimum atomic E-state index is -0.234. The lowest BCUT2D eigenvalue weighted by atomic mass is 10.2. The minimum Gasteiger partial charge on any atom is -0.495 e. The van der Waals surface area contributed by atoms with Crippen LogP contribution in [0.5, 0.6) is 5.75 Å². The summed E-state index contributed by atoms with van der Waals surface area (Å²) in [6.45, 7) is 3.02. The first-order valence-electron chi connectivity index (χ1n) is 9.51. The van der Waals surface area contributed by atoms with Crippen LogP contribution in [0, 0.1) is 5.82 Å². The van der Waals surface area contributed by atoms with E-state index in [4.69, 9.17) is 22.1 Å². The molecule has 156 valence electrons. The van der Waals surface area contributed by atoms with Gasteiger partial charge >= 0.3 is 0 Å². The summed E-state index contributed by atoms with van der Waals surface area (Å²) in [6.07, 6.45) is 1.48. The molecule has 0 saturated carbocycles. The normalized spacial score (nSPS) is 14.0. The van der Waals surface area contributed by atoms with Gasteiger partial charge in [0.15, 0.2) is 11.6 Å². The monoisotopic (exact) mass is 428 g/mol. The standard InChI is InChI=1S/C21H22ClFN6O/c1-30-18-7-2-14(22)12-17(18)27-20-19(24)21(26-13-25-20)29-10-8-28(9-11-29)16-5-3-15(23)4-6-16/h2-7,12-13H,8-11,24H2,1H3,(H,25,26,27). The Morgan fingerprint density at radius 3 is 2.43 bits per heavy atom. The molecule has 1 aliphatic heterocycles. The van der Waals surface area contributed by atoms with E-state index >= 15 is 0 Å². The molecule has 1 fully saturated rings. The molecule has 7 nitrogen and oxygen atoms in total. The van der Waals surface area contributed by atoms with E-state index in [1.54, 1.807) is 37.4 Å². The molecular formula is C21H22ClFN6O. The summed E-state index contributed by atoms with van der Waals surface area (Å²) >= 11 is 6.11. The van der Waals surface area contributed by atoms with Crippen LogP contribution in [0.2, 0.25) is 5.02 Å². The number of benzene rings is 2. The molecule has 3 N–H and O–H groups in total. The zero-order chi connectivity index (χ0) is 21.1. The number of piperazine rings is 1. The van der Waals surface area contributed by atoms with Gasteiger partial charge in [-0.1, -0.05) is 11.6 Å². The Balaban J connectivity index is 1.50. The number of ether oxygens (including phenoxy) is 1. The number of nitrogen functional groups attached to an aromatic ring is 1. The van der Waals surface area contributed by atoms with Gasteiger partial charge in [0.05, 0.1) is 12.8 Å². The maximum absolute atomic E-state index is 13.2. The lowest BCUT2D eigenvalue weighted by Crippen LogP contribution is -2.47. The molecule has 1 aromatic heterocycles. The van der Waals surface area contributed by atoms with Crippen LogP contribution in [0.3, 0.4) is 0 Å². The zero-order valence-electron chi connectivity index (χ0n) is 16.5. The van der Waals surface area contributed by atoms with Gasteiger partial charge in [-0.15, -0.1) is 0 Å². The van der Waals surface area contributed by atoms with Crippen molar-refractivity contribution in [3.63, 3.8) is 0 Å². The molecule has 4 rings (SSSR count). The fraction of sp³-hybridized carbons (Fsp3) is 0.238. The van der Waals surface area contributed by atoms with Crippen molar-refractivity contribution in [2.75, 3.05) is 54.1 Å². The fourth-order valence-corrected chi connectivity index (χ4v) is 3.64. The van der Waals surface area contributed by atoms with Crippen LogP contribution in [-0.2, 0) is 0 Å². The second kappa shape index (κ2) is 8.62. The highest BCUT2D eigenvalue weighted by molar-refractivity contribution is 6.31. The number of anilines is 5. The number of hydrogen-bond acceptors (Lipinski definition) is 7. The lowest BCUT2D eigenvalue weighted by molar-refractivity contribution is 0.417. The molecule has 30 heavy (non-hydrogen) atoms. The van der Waals surface area contributed by atoms with E-state index in [-0.39, 0.29) is 5.82 Å². The van der Waals surface area contributed by atoms with Gasteiger partial charge in [0.25, 0.3) is 0 Å². The van der Waals surface area contributed by atoms with Crippen LogP contribution in [0.1, 0.15) is 0 Å². The van der Waals surface area contributed by atoms with Gasteiger partial charge in [0, 0.05) is 36.9 Å². The third-order valence-electron chi connectivity index (χ3n) is 5.05. The molecule has 0 amide bonds. The van der Waals surface area contributed by atoms with Gasteiger partial charge in [-0.25, -0.2) is 14.4 Å². The topological polar surface area (TPSA) is 79.5 Å². The summed E-state index contributed by atoms with van der Waals surface area (Å²) in [4.78, 5) is 13.0. The molecule has 0 aliphatic carbocycles. The predicted octanol–water partition coefficient (Wildman–Crippen LogP) is 3.93. The first-order valence-corrected chi connectivity index (χ1v) is 9.89. The predicted molar refractivity (Wildman–Crippen MR) is 119 cm³/mol. The number of nitrogens with zero attached hydrogens (tertiary/aromatic N) is 4. The van der Waals surface area contributed by atoms with Gasteiger partial charge in [-0.3, -0.25) is 0 Å². The van der Waals surface area contributed by atoms with Crippen LogP contribution in [0.15, 0.2) is 48.8 Å². The summed E-state index contributed by atoms with van der Waals surface area (Å²) in [7, 11) is 1.59. The third-order valence-corrected chi connectivity index (χ3v) is 5.28. The number of hydrogen-bond donors (Lipinski definition) is 2. The molecule has 1 saturated heterocycles. The first kappa shape index (κ1) is 20.0. The van der Waals surface area contributed by atoms with Gasteiger partial charge < -0.3 is 25.6 Å². The fourth-order valence-electron chi connectivity index (χ4n) is 3.47. The Bertz CT molecular complexity index is 1020. The van der Waals surface area contributed by atoms with E-state index in [1.807, 2.05) is 0 Å². The van der Waals surface area contributed by atoms with Gasteiger partial charge in [-0.05, 0) is 42.5 Å². The quantitative estimate of drug-likeness (QED) is 0.637.